The topological polar surface area (TPSA) is 64.0 Å². The van der Waals surface area contributed by atoms with Crippen molar-refractivity contribution in [3.63, 3.8) is 0 Å². The van der Waals surface area contributed by atoms with Crippen molar-refractivity contribution in [2.45, 2.75) is 13.0 Å². The number of carboxylic acid groups (broad SMARTS) is 1. The average molecular weight is 264 g/mol. The van der Waals surface area contributed by atoms with E-state index in [9.17, 15) is 15.0 Å². The zero-order chi connectivity index (χ0) is 13.8. The Morgan fingerprint density at radius 1 is 1.32 bits per heavy atom. The van der Waals surface area contributed by atoms with Crippen LogP contribution in [0.15, 0.2) is 24.3 Å². The molecule has 1 atom stereocenters. The first-order valence-corrected chi connectivity index (χ1v) is 6.60. The predicted octanol–water partition coefficient (Wildman–Crippen LogP) is 1.16. The molecule has 1 aromatic carbocycles. The molecule has 104 valence electrons. The Morgan fingerprint density at radius 3 is 2.53 bits per heavy atom. The highest BCUT2D eigenvalue weighted by Gasteiger charge is 2.30. The predicted molar refractivity (Wildman–Crippen MR) is 72.2 cm³/mol. The van der Waals surface area contributed by atoms with Gasteiger partial charge in [0.1, 0.15) is 11.8 Å². The van der Waals surface area contributed by atoms with Crippen molar-refractivity contribution < 1.29 is 15.0 Å². The molecule has 2 N–H and O–H groups in total. The number of carbonyl (C=O) groups is 1. The van der Waals surface area contributed by atoms with Crippen LogP contribution < -0.4 is 0 Å². The first kappa shape index (κ1) is 13.8. The molecule has 0 aliphatic carbocycles. The Hall–Kier alpha value is -1.59. The van der Waals surface area contributed by atoms with E-state index >= 15 is 0 Å². The van der Waals surface area contributed by atoms with Crippen molar-refractivity contribution in [1.82, 2.24) is 9.80 Å². The second-order valence-electron chi connectivity index (χ2n) is 4.81. The van der Waals surface area contributed by atoms with Gasteiger partial charge in [-0.25, -0.2) is 0 Å². The lowest BCUT2D eigenvalue weighted by Gasteiger charge is -2.37. The van der Waals surface area contributed by atoms with Crippen molar-refractivity contribution in [1.29, 1.82) is 0 Å². The number of aliphatic carboxylic acids is 1. The van der Waals surface area contributed by atoms with Crippen molar-refractivity contribution in [3.8, 4) is 5.75 Å². The lowest BCUT2D eigenvalue weighted by molar-refractivity contribution is -0.144. The molecular formula is C14H20N2O3. The third kappa shape index (κ3) is 3.24. The van der Waals surface area contributed by atoms with Gasteiger partial charge in [0.2, 0.25) is 0 Å². The molecule has 1 fully saturated rings. The summed E-state index contributed by atoms with van der Waals surface area (Å²) in [6.45, 7) is 6.36. The first-order valence-electron chi connectivity index (χ1n) is 6.60. The molecule has 5 nitrogen and oxygen atoms in total. The lowest BCUT2D eigenvalue weighted by Crippen LogP contribution is -2.49. The number of piperazine rings is 1. The number of nitrogens with zero attached hydrogens (tertiary/aromatic N) is 2. The van der Waals surface area contributed by atoms with Gasteiger partial charge in [0.05, 0.1) is 0 Å². The molecule has 0 bridgehead atoms. The normalized spacial score (nSPS) is 19.2. The highest BCUT2D eigenvalue weighted by molar-refractivity contribution is 5.75. The van der Waals surface area contributed by atoms with Crippen LogP contribution in [0, 0.1) is 0 Å². The molecule has 0 amide bonds. The third-order valence-electron chi connectivity index (χ3n) is 3.64. The van der Waals surface area contributed by atoms with E-state index in [-0.39, 0.29) is 5.75 Å². The Labute approximate surface area is 113 Å². The number of phenolic OH excluding ortho intramolecular Hbond substituents is 1. The van der Waals surface area contributed by atoms with Gasteiger partial charge < -0.3 is 15.1 Å². The van der Waals surface area contributed by atoms with E-state index in [2.05, 4.69) is 11.8 Å². The van der Waals surface area contributed by atoms with Gasteiger partial charge in [0.25, 0.3) is 0 Å². The quantitative estimate of drug-likeness (QED) is 0.854. The van der Waals surface area contributed by atoms with Crippen LogP contribution in [0.2, 0.25) is 0 Å². The molecule has 19 heavy (non-hydrogen) atoms. The summed E-state index contributed by atoms with van der Waals surface area (Å²) in [4.78, 5) is 15.8. The van der Waals surface area contributed by atoms with E-state index in [1.54, 1.807) is 18.2 Å². The van der Waals surface area contributed by atoms with Gasteiger partial charge in [-0.2, -0.15) is 0 Å². The van der Waals surface area contributed by atoms with Crippen LogP contribution in [-0.2, 0) is 4.79 Å². The second kappa shape index (κ2) is 6.04. The number of carboxylic acids is 1. The number of likely N-dealkylation sites (N-methyl/N-ethyl adjacent to an activating group) is 1. The van der Waals surface area contributed by atoms with E-state index in [1.807, 2.05) is 4.90 Å². The zero-order valence-corrected chi connectivity index (χ0v) is 11.1. The Bertz CT molecular complexity index is 442. The number of benzene rings is 1. The molecule has 0 aromatic heterocycles. The van der Waals surface area contributed by atoms with E-state index in [0.717, 1.165) is 32.7 Å². The minimum absolute atomic E-state index is 0.107. The minimum atomic E-state index is -0.865. The Balaban J connectivity index is 2.15. The molecule has 0 saturated carbocycles. The molecule has 1 aromatic rings. The number of rotatable bonds is 4. The summed E-state index contributed by atoms with van der Waals surface area (Å²) in [7, 11) is 0. The van der Waals surface area contributed by atoms with Crippen LogP contribution in [0.25, 0.3) is 0 Å². The summed E-state index contributed by atoms with van der Waals surface area (Å²) >= 11 is 0. The highest BCUT2D eigenvalue weighted by atomic mass is 16.4. The average Bonchev–Trinajstić information content (AvgIpc) is 2.39. The van der Waals surface area contributed by atoms with Crippen LogP contribution in [-0.4, -0.2) is 58.7 Å². The summed E-state index contributed by atoms with van der Waals surface area (Å²) in [6, 6.07) is 5.85. The fourth-order valence-electron chi connectivity index (χ4n) is 2.54. The van der Waals surface area contributed by atoms with E-state index in [4.69, 9.17) is 0 Å². The Kier molecular flexibility index (Phi) is 4.39. The SMILES string of the molecule is CCN1CCN(C(C(=O)O)c2cccc(O)c2)CC1. The maximum Gasteiger partial charge on any atom is 0.325 e. The van der Waals surface area contributed by atoms with Gasteiger partial charge in [-0.1, -0.05) is 19.1 Å². The van der Waals surface area contributed by atoms with E-state index < -0.39 is 12.0 Å². The molecule has 0 spiro atoms. The molecule has 1 aliphatic rings. The van der Waals surface area contributed by atoms with Crippen LogP contribution >= 0.6 is 0 Å². The molecular weight excluding hydrogens is 244 g/mol. The number of hydrogen-bond donors (Lipinski definition) is 2. The molecule has 5 heteroatoms. The number of phenols is 1. The van der Waals surface area contributed by atoms with Crippen molar-refractivity contribution >= 4 is 5.97 Å². The lowest BCUT2D eigenvalue weighted by atomic mass is 10.0. The van der Waals surface area contributed by atoms with Crippen LogP contribution in [0.4, 0.5) is 0 Å². The van der Waals surface area contributed by atoms with Gasteiger partial charge in [0.15, 0.2) is 0 Å². The van der Waals surface area contributed by atoms with Gasteiger partial charge in [-0.3, -0.25) is 9.69 Å². The largest absolute Gasteiger partial charge is 0.508 e. The van der Waals surface area contributed by atoms with Crippen LogP contribution in [0.1, 0.15) is 18.5 Å². The van der Waals surface area contributed by atoms with E-state index in [1.165, 1.54) is 6.07 Å². The summed E-state index contributed by atoms with van der Waals surface area (Å²) in [5.74, 6) is -0.758. The summed E-state index contributed by atoms with van der Waals surface area (Å²) in [5, 5.41) is 19.0. The highest BCUT2D eigenvalue weighted by Crippen LogP contribution is 2.25. The van der Waals surface area contributed by atoms with Crippen molar-refractivity contribution in [2.24, 2.45) is 0 Å². The molecule has 1 unspecified atom stereocenters. The fraction of sp³-hybridized carbons (Fsp3) is 0.500. The number of hydrogen-bond acceptors (Lipinski definition) is 4. The number of aromatic hydroxyl groups is 1. The van der Waals surface area contributed by atoms with Gasteiger partial charge in [-0.05, 0) is 24.2 Å². The third-order valence-corrected chi connectivity index (χ3v) is 3.64. The standard InChI is InChI=1S/C14H20N2O3/c1-2-15-6-8-16(9-7-15)13(14(18)19)11-4-3-5-12(17)10-11/h3-5,10,13,17H,2,6-9H2,1H3,(H,18,19). The second-order valence-corrected chi connectivity index (χ2v) is 4.81. The Morgan fingerprint density at radius 2 is 2.00 bits per heavy atom. The molecule has 0 radical (unpaired) electrons. The van der Waals surface area contributed by atoms with Gasteiger partial charge in [0, 0.05) is 26.2 Å². The van der Waals surface area contributed by atoms with Crippen molar-refractivity contribution in [3.05, 3.63) is 29.8 Å². The summed E-state index contributed by atoms with van der Waals surface area (Å²) < 4.78 is 0. The van der Waals surface area contributed by atoms with E-state index in [0.29, 0.717) is 5.56 Å². The maximum atomic E-state index is 11.5. The van der Waals surface area contributed by atoms with Gasteiger partial charge >= 0.3 is 5.97 Å². The van der Waals surface area contributed by atoms with Crippen LogP contribution in [0.5, 0.6) is 5.75 Å². The monoisotopic (exact) mass is 264 g/mol. The molecule has 1 heterocycles. The summed E-state index contributed by atoms with van der Waals surface area (Å²) in [6.07, 6.45) is 0. The molecule has 1 aliphatic heterocycles. The molecule has 1 saturated heterocycles. The zero-order valence-electron chi connectivity index (χ0n) is 11.1. The maximum absolute atomic E-state index is 11.5. The van der Waals surface area contributed by atoms with Gasteiger partial charge in [-0.15, -0.1) is 0 Å². The van der Waals surface area contributed by atoms with Crippen molar-refractivity contribution in [2.75, 3.05) is 32.7 Å². The smallest absolute Gasteiger partial charge is 0.325 e. The molecule has 2 rings (SSSR count). The minimum Gasteiger partial charge on any atom is -0.508 e. The fourth-order valence-corrected chi connectivity index (χ4v) is 2.54. The summed E-state index contributed by atoms with van der Waals surface area (Å²) in [5.41, 5.74) is 0.637. The van der Waals surface area contributed by atoms with Crippen LogP contribution in [0.3, 0.4) is 0 Å². The first-order chi connectivity index (χ1) is 9.11.